The first-order chi connectivity index (χ1) is 16.3. The first kappa shape index (κ1) is 25.8. The second-order valence-electron chi connectivity index (χ2n) is 15.4. The molecule has 0 saturated heterocycles. The lowest BCUT2D eigenvalue weighted by Gasteiger charge is -2.63. The summed E-state index contributed by atoms with van der Waals surface area (Å²) < 4.78 is 5.91. The highest BCUT2D eigenvalue weighted by Gasteiger charge is 2.82. The third-order valence-electron chi connectivity index (χ3n) is 13.8. The van der Waals surface area contributed by atoms with Gasteiger partial charge in [-0.3, -0.25) is 4.79 Å². The van der Waals surface area contributed by atoms with Crippen molar-refractivity contribution in [3.63, 3.8) is 0 Å². The van der Waals surface area contributed by atoms with E-state index in [1.807, 2.05) is 0 Å². The second-order valence-corrected chi connectivity index (χ2v) is 15.4. The van der Waals surface area contributed by atoms with Gasteiger partial charge in [-0.2, -0.15) is 0 Å². The van der Waals surface area contributed by atoms with Crippen molar-refractivity contribution in [2.45, 2.75) is 132 Å². The lowest BCUT2D eigenvalue weighted by Crippen LogP contribution is -2.58. The summed E-state index contributed by atoms with van der Waals surface area (Å²) in [4.78, 5) is 11.9. The molecule has 5 rings (SSSR count). The Labute approximate surface area is 216 Å². The van der Waals surface area contributed by atoms with Crippen molar-refractivity contribution in [3.05, 3.63) is 12.2 Å². The van der Waals surface area contributed by atoms with Crippen LogP contribution in [-0.4, -0.2) is 12.1 Å². The van der Waals surface area contributed by atoms with Gasteiger partial charge in [0.15, 0.2) is 0 Å². The zero-order valence-corrected chi connectivity index (χ0v) is 24.3. The predicted octanol–water partition coefficient (Wildman–Crippen LogP) is 8.99. The van der Waals surface area contributed by atoms with E-state index in [0.717, 1.165) is 30.1 Å². The molecule has 0 aromatic rings. The Balaban J connectivity index is 1.37. The fourth-order valence-electron chi connectivity index (χ4n) is 11.6. The largest absolute Gasteiger partial charge is 0.462 e. The maximum Gasteiger partial charge on any atom is 0.302 e. The Kier molecular flexibility index (Phi) is 5.98. The lowest BCUT2D eigenvalue weighted by atomic mass is 9.41. The molecule has 0 radical (unpaired) electrons. The van der Waals surface area contributed by atoms with Crippen LogP contribution in [0, 0.1) is 56.7 Å². The summed E-state index contributed by atoms with van der Waals surface area (Å²) in [5, 5.41) is 0. The SMILES string of the molecule is C=C(CC[C@@H](C)[C@H]1CC[C@@]2(C)[C@@H]3CCC4C(C)(C)[C@@H](OC(C)=O)CC[C@@]45C[C@@]35CC[C@]12C)C(C)C. The van der Waals surface area contributed by atoms with Crippen LogP contribution >= 0.6 is 0 Å². The van der Waals surface area contributed by atoms with Crippen LogP contribution in [0.1, 0.15) is 126 Å². The maximum absolute atomic E-state index is 11.9. The number of fused-ring (bicyclic) bond motifs is 2. The van der Waals surface area contributed by atoms with Gasteiger partial charge >= 0.3 is 5.97 Å². The van der Waals surface area contributed by atoms with Gasteiger partial charge in [0.1, 0.15) is 6.10 Å². The third-order valence-corrected chi connectivity index (χ3v) is 13.8. The van der Waals surface area contributed by atoms with Crippen molar-refractivity contribution < 1.29 is 9.53 Å². The van der Waals surface area contributed by atoms with E-state index in [1.54, 1.807) is 6.92 Å². The number of allylic oxidation sites excluding steroid dienone is 1. The third kappa shape index (κ3) is 3.35. The number of hydrogen-bond acceptors (Lipinski definition) is 2. The molecule has 0 heterocycles. The van der Waals surface area contributed by atoms with E-state index in [-0.39, 0.29) is 17.5 Å². The van der Waals surface area contributed by atoms with Gasteiger partial charge < -0.3 is 4.74 Å². The zero-order valence-electron chi connectivity index (χ0n) is 24.3. The highest BCUT2D eigenvalue weighted by atomic mass is 16.5. The molecule has 5 fully saturated rings. The summed E-state index contributed by atoms with van der Waals surface area (Å²) in [5.74, 6) is 3.80. The van der Waals surface area contributed by atoms with Crippen LogP contribution in [0.5, 0.6) is 0 Å². The molecule has 0 aliphatic heterocycles. The number of ether oxygens (including phenoxy) is 1. The van der Waals surface area contributed by atoms with Gasteiger partial charge in [0, 0.05) is 12.3 Å². The summed E-state index contributed by atoms with van der Waals surface area (Å²) in [6.07, 6.45) is 15.0. The molecule has 1 unspecified atom stereocenters. The van der Waals surface area contributed by atoms with Gasteiger partial charge in [0.2, 0.25) is 0 Å². The number of rotatable bonds is 6. The molecule has 35 heavy (non-hydrogen) atoms. The summed E-state index contributed by atoms with van der Waals surface area (Å²) in [6.45, 7) is 23.4. The number of hydrogen-bond donors (Lipinski definition) is 0. The molecular weight excluding hydrogens is 428 g/mol. The summed E-state index contributed by atoms with van der Waals surface area (Å²) in [6, 6.07) is 0. The molecule has 198 valence electrons. The van der Waals surface area contributed by atoms with Crippen molar-refractivity contribution in [2.75, 3.05) is 0 Å². The fraction of sp³-hybridized carbons (Fsp3) is 0.909. The smallest absolute Gasteiger partial charge is 0.302 e. The van der Waals surface area contributed by atoms with Crippen molar-refractivity contribution >= 4 is 5.97 Å². The lowest BCUT2D eigenvalue weighted by molar-refractivity contribution is -0.181. The minimum atomic E-state index is -0.0951. The maximum atomic E-state index is 11.9. The Hall–Kier alpha value is -0.790. The van der Waals surface area contributed by atoms with E-state index >= 15 is 0 Å². The average Bonchev–Trinajstić information content (AvgIpc) is 3.36. The van der Waals surface area contributed by atoms with E-state index in [9.17, 15) is 4.79 Å². The quantitative estimate of drug-likeness (QED) is 0.279. The minimum absolute atomic E-state index is 0.0951. The van der Waals surface area contributed by atoms with Crippen molar-refractivity contribution in [3.8, 4) is 0 Å². The van der Waals surface area contributed by atoms with Gasteiger partial charge in [0.25, 0.3) is 0 Å². The van der Waals surface area contributed by atoms with Crippen LogP contribution in [0.25, 0.3) is 0 Å². The molecule has 0 aromatic heterocycles. The topological polar surface area (TPSA) is 26.3 Å². The molecule has 5 aliphatic rings. The summed E-state index contributed by atoms with van der Waals surface area (Å²) in [7, 11) is 0. The standard InChI is InChI=1S/C33H54O2/c1-21(2)22(3)10-11-23(4)25-14-16-31(9)27-13-12-26-29(6,7)28(35-24(5)34)15-17-32(26)20-33(27,32)19-18-30(25,31)8/h21,23,25-28H,3,10-20H2,1-2,4-9H3/t23-,25-,26?,27+,28+,30-,31+,32-,33+/m1/s1. The van der Waals surface area contributed by atoms with Crippen LogP contribution in [0.15, 0.2) is 12.2 Å². The molecule has 9 atom stereocenters. The second kappa shape index (κ2) is 8.10. The molecule has 0 bridgehead atoms. The molecule has 5 saturated carbocycles. The average molecular weight is 483 g/mol. The van der Waals surface area contributed by atoms with E-state index in [0.29, 0.717) is 27.6 Å². The molecule has 2 nitrogen and oxygen atoms in total. The van der Waals surface area contributed by atoms with E-state index < -0.39 is 0 Å². The zero-order chi connectivity index (χ0) is 25.6. The van der Waals surface area contributed by atoms with Crippen LogP contribution in [0.2, 0.25) is 0 Å². The predicted molar refractivity (Wildman–Crippen MR) is 145 cm³/mol. The van der Waals surface area contributed by atoms with E-state index in [2.05, 4.69) is 55.0 Å². The number of esters is 1. The molecule has 0 aromatic carbocycles. The molecular formula is C33H54O2. The Morgan fingerprint density at radius 1 is 0.886 bits per heavy atom. The van der Waals surface area contributed by atoms with E-state index in [1.165, 1.54) is 69.8 Å². The van der Waals surface area contributed by atoms with Gasteiger partial charge in [-0.25, -0.2) is 0 Å². The summed E-state index contributed by atoms with van der Waals surface area (Å²) >= 11 is 0. The Bertz CT molecular complexity index is 886. The van der Waals surface area contributed by atoms with Gasteiger partial charge in [-0.1, -0.05) is 60.6 Å². The molecule has 5 aliphatic carbocycles. The van der Waals surface area contributed by atoms with Crippen LogP contribution in [0.3, 0.4) is 0 Å². The van der Waals surface area contributed by atoms with Crippen molar-refractivity contribution in [1.82, 2.24) is 0 Å². The normalized spacial score (nSPS) is 48.3. The van der Waals surface area contributed by atoms with Crippen LogP contribution < -0.4 is 0 Å². The van der Waals surface area contributed by atoms with Crippen LogP contribution in [0.4, 0.5) is 0 Å². The Morgan fingerprint density at radius 2 is 1.54 bits per heavy atom. The highest BCUT2D eigenvalue weighted by Crippen LogP contribution is 2.89. The minimum Gasteiger partial charge on any atom is -0.462 e. The fourth-order valence-corrected chi connectivity index (χ4v) is 11.6. The van der Waals surface area contributed by atoms with Crippen molar-refractivity contribution in [1.29, 1.82) is 0 Å². The van der Waals surface area contributed by atoms with Crippen molar-refractivity contribution in [2.24, 2.45) is 56.7 Å². The summed E-state index contributed by atoms with van der Waals surface area (Å²) in [5.41, 5.74) is 3.63. The molecule has 2 heteroatoms. The molecule has 0 amide bonds. The van der Waals surface area contributed by atoms with Gasteiger partial charge in [-0.05, 0) is 122 Å². The monoisotopic (exact) mass is 482 g/mol. The van der Waals surface area contributed by atoms with Gasteiger partial charge in [0.05, 0.1) is 0 Å². The van der Waals surface area contributed by atoms with Gasteiger partial charge in [-0.15, -0.1) is 0 Å². The number of carbonyl (C=O) groups is 1. The highest BCUT2D eigenvalue weighted by molar-refractivity contribution is 5.66. The van der Waals surface area contributed by atoms with E-state index in [4.69, 9.17) is 4.74 Å². The molecule has 0 N–H and O–H groups in total. The number of carbonyl (C=O) groups excluding carboxylic acids is 1. The Morgan fingerprint density at radius 3 is 2.20 bits per heavy atom. The first-order valence-electron chi connectivity index (χ1n) is 15.1. The van der Waals surface area contributed by atoms with Crippen LogP contribution in [-0.2, 0) is 9.53 Å². The molecule has 2 spiro atoms. The first-order valence-corrected chi connectivity index (χ1v) is 15.1.